The fraction of sp³-hybridized carbons (Fsp3) is 0.500. The van der Waals surface area contributed by atoms with Crippen molar-refractivity contribution in [3.8, 4) is 0 Å². The fourth-order valence-electron chi connectivity index (χ4n) is 0.654. The van der Waals surface area contributed by atoms with Crippen LogP contribution in [0.5, 0.6) is 0 Å². The van der Waals surface area contributed by atoms with E-state index < -0.39 is 4.92 Å². The summed E-state index contributed by atoms with van der Waals surface area (Å²) in [4.78, 5) is 9.32. The van der Waals surface area contributed by atoms with Crippen molar-refractivity contribution in [2.24, 2.45) is 0 Å². The van der Waals surface area contributed by atoms with Crippen molar-refractivity contribution in [1.82, 2.24) is 10.6 Å². The lowest BCUT2D eigenvalue weighted by molar-refractivity contribution is -0.403. The van der Waals surface area contributed by atoms with E-state index in [1.54, 1.807) is 0 Å². The van der Waals surface area contributed by atoms with Gasteiger partial charge in [-0.15, -0.1) is 0 Å². The van der Waals surface area contributed by atoms with Crippen LogP contribution in [0.1, 0.15) is 0 Å². The highest BCUT2D eigenvalue weighted by molar-refractivity contribution is 4.96. The molecule has 1 aliphatic rings. The second-order valence-electron chi connectivity index (χ2n) is 1.68. The van der Waals surface area contributed by atoms with Crippen molar-refractivity contribution in [3.05, 3.63) is 22.1 Å². The Balaban J connectivity index is 2.49. The van der Waals surface area contributed by atoms with E-state index >= 15 is 0 Å². The van der Waals surface area contributed by atoms with Crippen LogP contribution in [-0.2, 0) is 0 Å². The van der Waals surface area contributed by atoms with Gasteiger partial charge in [-0.2, -0.15) is 0 Å². The van der Waals surface area contributed by atoms with Crippen molar-refractivity contribution in [1.29, 1.82) is 0 Å². The molecule has 1 fully saturated rings. The van der Waals surface area contributed by atoms with Crippen LogP contribution in [0.3, 0.4) is 0 Å². The molecule has 5 nitrogen and oxygen atoms in total. The summed E-state index contributed by atoms with van der Waals surface area (Å²) in [6.07, 6.45) is 0.924. The lowest BCUT2D eigenvalue weighted by Gasteiger charge is -1.90. The number of hydrogen-bond donors (Lipinski definition) is 2. The van der Waals surface area contributed by atoms with Crippen LogP contribution in [0.25, 0.3) is 0 Å². The minimum absolute atomic E-state index is 0.485. The summed E-state index contributed by atoms with van der Waals surface area (Å²) in [6, 6.07) is 0. The van der Waals surface area contributed by atoms with Gasteiger partial charge in [0.2, 0.25) is 0 Å². The first-order valence-corrected chi connectivity index (χ1v) is 2.62. The largest absolute Gasteiger partial charge is 0.365 e. The molecule has 1 aliphatic heterocycles. The van der Waals surface area contributed by atoms with Gasteiger partial charge in [0.1, 0.15) is 0 Å². The van der Waals surface area contributed by atoms with Crippen molar-refractivity contribution in [2.75, 3.05) is 13.1 Å². The Morgan fingerprint density at radius 2 is 2.11 bits per heavy atom. The molecule has 0 unspecified atom stereocenters. The van der Waals surface area contributed by atoms with Crippen molar-refractivity contribution in [2.45, 2.75) is 0 Å². The number of nitrogens with zero attached hydrogens (tertiary/aromatic N) is 1. The molecule has 0 amide bonds. The van der Waals surface area contributed by atoms with Gasteiger partial charge < -0.3 is 10.6 Å². The fourth-order valence-corrected chi connectivity index (χ4v) is 0.654. The quantitative estimate of drug-likeness (QED) is 0.361. The van der Waals surface area contributed by atoms with Crippen LogP contribution in [0.4, 0.5) is 0 Å². The molecule has 0 saturated carbocycles. The first kappa shape index (κ1) is 5.87. The smallest absolute Gasteiger partial charge is 0.274 e. The van der Waals surface area contributed by atoms with Crippen LogP contribution in [0.15, 0.2) is 12.0 Å². The third-order valence-electron chi connectivity index (χ3n) is 0.990. The molecule has 0 aliphatic carbocycles. The Labute approximate surface area is 51.9 Å². The topological polar surface area (TPSA) is 67.2 Å². The van der Waals surface area contributed by atoms with E-state index in [0.717, 1.165) is 19.3 Å². The molecule has 0 aromatic carbocycles. The third kappa shape index (κ3) is 1.60. The molecule has 0 atom stereocenters. The normalized spacial score (nSPS) is 16.2. The zero-order valence-corrected chi connectivity index (χ0v) is 4.76. The molecular formula is C4H7N3O2. The van der Waals surface area contributed by atoms with Crippen molar-refractivity contribution in [3.63, 3.8) is 0 Å². The molecule has 1 saturated heterocycles. The van der Waals surface area contributed by atoms with Gasteiger partial charge in [-0.25, -0.2) is 0 Å². The highest BCUT2D eigenvalue weighted by Crippen LogP contribution is 1.87. The molecule has 2 N–H and O–H groups in total. The molecule has 50 valence electrons. The van der Waals surface area contributed by atoms with E-state index in [9.17, 15) is 10.1 Å². The highest BCUT2D eigenvalue weighted by Gasteiger charge is 2.06. The predicted molar refractivity (Wildman–Crippen MR) is 31.1 cm³/mol. The van der Waals surface area contributed by atoms with Crippen molar-refractivity contribution >= 4 is 0 Å². The summed E-state index contributed by atoms with van der Waals surface area (Å²) in [6.45, 7) is 1.53. The molecule has 0 bridgehead atoms. The van der Waals surface area contributed by atoms with Crippen LogP contribution >= 0.6 is 0 Å². The van der Waals surface area contributed by atoms with Gasteiger partial charge in [0.25, 0.3) is 6.20 Å². The van der Waals surface area contributed by atoms with Crippen LogP contribution in [0, 0.1) is 10.1 Å². The van der Waals surface area contributed by atoms with Gasteiger partial charge in [0.15, 0.2) is 5.82 Å². The molecule has 9 heavy (non-hydrogen) atoms. The second kappa shape index (κ2) is 2.34. The molecule has 0 spiro atoms. The zero-order valence-electron chi connectivity index (χ0n) is 4.76. The van der Waals surface area contributed by atoms with E-state index in [0.29, 0.717) is 5.82 Å². The third-order valence-corrected chi connectivity index (χ3v) is 0.990. The lowest BCUT2D eigenvalue weighted by atomic mass is 10.7. The molecular weight excluding hydrogens is 122 g/mol. The van der Waals surface area contributed by atoms with Crippen molar-refractivity contribution < 1.29 is 4.92 Å². The average Bonchev–Trinajstić information content (AvgIpc) is 2.15. The maximum absolute atomic E-state index is 9.80. The van der Waals surface area contributed by atoms with Gasteiger partial charge in [0, 0.05) is 13.1 Å². The van der Waals surface area contributed by atoms with E-state index in [-0.39, 0.29) is 0 Å². The summed E-state index contributed by atoms with van der Waals surface area (Å²) in [7, 11) is 0. The number of nitrogens with one attached hydrogen (secondary N) is 2. The van der Waals surface area contributed by atoms with E-state index in [1.807, 2.05) is 0 Å². The lowest BCUT2D eigenvalue weighted by Crippen LogP contribution is -2.11. The summed E-state index contributed by atoms with van der Waals surface area (Å²) < 4.78 is 0. The number of rotatable bonds is 1. The van der Waals surface area contributed by atoms with Crippen LogP contribution in [0.2, 0.25) is 0 Å². The number of hydrogen-bond acceptors (Lipinski definition) is 4. The molecule has 0 aromatic heterocycles. The second-order valence-corrected chi connectivity index (χ2v) is 1.68. The maximum Gasteiger partial charge on any atom is 0.274 e. The Hall–Kier alpha value is -1.26. The first-order chi connectivity index (χ1) is 4.29. The highest BCUT2D eigenvalue weighted by atomic mass is 16.6. The van der Waals surface area contributed by atoms with Gasteiger partial charge >= 0.3 is 0 Å². The monoisotopic (exact) mass is 129 g/mol. The average molecular weight is 129 g/mol. The zero-order chi connectivity index (χ0) is 6.69. The summed E-state index contributed by atoms with van der Waals surface area (Å²) in [5, 5.41) is 15.4. The van der Waals surface area contributed by atoms with E-state index in [1.165, 1.54) is 0 Å². The summed E-state index contributed by atoms with van der Waals surface area (Å²) in [5.74, 6) is 0.500. The van der Waals surface area contributed by atoms with Gasteiger partial charge in [-0.3, -0.25) is 10.1 Å². The molecule has 0 radical (unpaired) electrons. The number of nitro groups is 1. The summed E-state index contributed by atoms with van der Waals surface area (Å²) >= 11 is 0. The SMILES string of the molecule is O=[N+]([O-])C=C1NCCN1. The minimum atomic E-state index is -0.485. The Kier molecular flexibility index (Phi) is 1.53. The Morgan fingerprint density at radius 3 is 2.56 bits per heavy atom. The molecule has 5 heteroatoms. The van der Waals surface area contributed by atoms with Gasteiger partial charge in [0.05, 0.1) is 4.92 Å². The van der Waals surface area contributed by atoms with Crippen LogP contribution < -0.4 is 10.6 Å². The standard InChI is InChI=1S/C4H7N3O2/c8-7(9)3-4-5-1-2-6-4/h3,5-6H,1-2H2. The Morgan fingerprint density at radius 1 is 1.56 bits per heavy atom. The minimum Gasteiger partial charge on any atom is -0.365 e. The summed E-state index contributed by atoms with van der Waals surface area (Å²) in [5.41, 5.74) is 0. The van der Waals surface area contributed by atoms with E-state index in [4.69, 9.17) is 0 Å². The molecule has 1 heterocycles. The maximum atomic E-state index is 9.80. The van der Waals surface area contributed by atoms with Gasteiger partial charge in [-0.05, 0) is 0 Å². The molecule has 0 aromatic rings. The van der Waals surface area contributed by atoms with Gasteiger partial charge in [-0.1, -0.05) is 0 Å². The predicted octanol–water partition coefficient (Wildman–Crippen LogP) is -0.745. The first-order valence-electron chi connectivity index (χ1n) is 2.62. The van der Waals surface area contributed by atoms with Crippen LogP contribution in [-0.4, -0.2) is 18.0 Å². The van der Waals surface area contributed by atoms with E-state index in [2.05, 4.69) is 10.6 Å². The molecule has 1 rings (SSSR count). The Bertz CT molecular complexity index is 146.